The smallest absolute Gasteiger partial charge is 1.00 e. The molecule has 0 spiro atoms. The van der Waals surface area contributed by atoms with Crippen LogP contribution in [0.3, 0.4) is 0 Å². The van der Waals surface area contributed by atoms with Crippen molar-refractivity contribution in [2.45, 2.75) is 13.8 Å². The molecule has 1 rings (SSSR count). The number of aromatic nitrogens is 1. The molecule has 0 N–H and O–H groups in total. The molecule has 84 valence electrons. The molecule has 0 bridgehead atoms. The fourth-order valence-corrected chi connectivity index (χ4v) is 0.718. The van der Waals surface area contributed by atoms with Crippen LogP contribution in [0.2, 0.25) is 0 Å². The summed E-state index contributed by atoms with van der Waals surface area (Å²) in [5.41, 5.74) is 0. The normalized spacial score (nSPS) is 6.25. The number of hydrogen-bond donors (Lipinski definition) is 0. The molecule has 1 heterocycles. The molecular weight excluding hydrogens is 365 g/mol. The Morgan fingerprint density at radius 2 is 1.75 bits per heavy atom. The van der Waals surface area contributed by atoms with E-state index in [1.807, 2.05) is 26.3 Å². The van der Waals surface area contributed by atoms with E-state index in [2.05, 4.69) is 20.9 Å². The fraction of sp³-hybridized carbons (Fsp3) is 0.333. The Balaban J connectivity index is -0.0000000528. The van der Waals surface area contributed by atoms with Gasteiger partial charge < -0.3 is 40.5 Å². The zero-order valence-electron chi connectivity index (χ0n) is 10.0. The van der Waals surface area contributed by atoms with Crippen LogP contribution in [-0.2, 0) is 0 Å². The van der Waals surface area contributed by atoms with E-state index >= 15 is 0 Å². The third-order valence-electron chi connectivity index (χ3n) is 0.909. The molecule has 2 nitrogen and oxygen atoms in total. The molecule has 1 aromatic heterocycles. The average molecular weight is 378 g/mol. The molecular formula is C9H13Br2ClLiMgNO. The molecule has 1 aromatic rings. The summed E-state index contributed by atoms with van der Waals surface area (Å²) in [7, 11) is 1.59. The van der Waals surface area contributed by atoms with Crippen molar-refractivity contribution in [2.24, 2.45) is 0 Å². The number of ether oxygens (including phenoxy) is 1. The molecule has 0 aliphatic carbocycles. The van der Waals surface area contributed by atoms with Gasteiger partial charge >= 0.3 is 41.9 Å². The number of rotatable bonds is 1. The predicted octanol–water partition coefficient (Wildman–Crippen LogP) is -6.29. The molecule has 0 amide bonds. The molecule has 0 saturated carbocycles. The maximum absolute atomic E-state index is 4.84. The Kier molecular flexibility index (Phi) is 41.6. The largest absolute Gasteiger partial charge is 2.00 e. The molecule has 0 saturated heterocycles. The van der Waals surface area contributed by atoms with Gasteiger partial charge in [-0.15, -0.1) is 0 Å². The first-order valence-corrected chi connectivity index (χ1v) is 4.43. The molecule has 7 heteroatoms. The van der Waals surface area contributed by atoms with Gasteiger partial charge in [-0.1, -0.05) is 0 Å². The van der Waals surface area contributed by atoms with Gasteiger partial charge in [0.05, 0.1) is 7.11 Å². The third-order valence-corrected chi connectivity index (χ3v) is 1.38. The van der Waals surface area contributed by atoms with E-state index < -0.39 is 0 Å². The topological polar surface area (TPSA) is 22.1 Å². The average Bonchev–Trinajstić information content (AvgIpc) is 2.07. The maximum atomic E-state index is 4.84. The second-order valence-corrected chi connectivity index (χ2v) is 3.01. The van der Waals surface area contributed by atoms with Crippen LogP contribution in [0.4, 0.5) is 0 Å². The van der Waals surface area contributed by atoms with Crippen LogP contribution in [0, 0.1) is 6.42 Å². The van der Waals surface area contributed by atoms with Crippen LogP contribution in [0.1, 0.15) is 13.8 Å². The Labute approximate surface area is 151 Å². The molecule has 0 aliphatic rings. The van der Waals surface area contributed by atoms with Gasteiger partial charge in [-0.25, -0.2) is 4.98 Å². The van der Waals surface area contributed by atoms with Gasteiger partial charge in [-0.3, -0.25) is 0 Å². The predicted molar refractivity (Wildman–Crippen MR) is 59.9 cm³/mol. The quantitative estimate of drug-likeness (QED) is 0.359. The summed E-state index contributed by atoms with van der Waals surface area (Å²) in [5.74, 6) is 0.637. The Morgan fingerprint density at radius 3 is 2.00 bits per heavy atom. The molecule has 0 aliphatic heterocycles. The van der Waals surface area contributed by atoms with Gasteiger partial charge in [0.2, 0.25) is 5.88 Å². The van der Waals surface area contributed by atoms with Crippen molar-refractivity contribution in [1.82, 2.24) is 4.98 Å². The molecule has 0 aromatic carbocycles. The number of halogens is 3. The van der Waals surface area contributed by atoms with E-state index in [0.29, 0.717) is 5.88 Å². The minimum absolute atomic E-state index is 0. The summed E-state index contributed by atoms with van der Waals surface area (Å²) in [4.78, 5) is 3.93. The van der Waals surface area contributed by atoms with E-state index in [0.717, 1.165) is 4.47 Å². The summed E-state index contributed by atoms with van der Waals surface area (Å²) in [6.07, 6.45) is 3.69. The summed E-state index contributed by atoms with van der Waals surface area (Å²) in [6, 6.07) is 3.68. The summed E-state index contributed by atoms with van der Waals surface area (Å²) >= 11 is 3.26. The van der Waals surface area contributed by atoms with Gasteiger partial charge in [0, 0.05) is 16.7 Å². The van der Waals surface area contributed by atoms with Crippen molar-refractivity contribution < 1.29 is 53.0 Å². The monoisotopic (exact) mass is 375 g/mol. The summed E-state index contributed by atoms with van der Waals surface area (Å²) in [6.45, 7) is 4.00. The second-order valence-electron chi connectivity index (χ2n) is 2.10. The van der Waals surface area contributed by atoms with Gasteiger partial charge in [0.25, 0.3) is 0 Å². The van der Waals surface area contributed by atoms with E-state index in [-0.39, 0.29) is 71.3 Å². The first-order chi connectivity index (χ1) is 5.74. The van der Waals surface area contributed by atoms with Crippen molar-refractivity contribution in [3.8, 4) is 5.88 Å². The Bertz CT molecular complexity index is 217. The van der Waals surface area contributed by atoms with Crippen LogP contribution in [0.5, 0.6) is 5.88 Å². The fourth-order valence-electron chi connectivity index (χ4n) is 0.483. The second kappa shape index (κ2) is 21.8. The van der Waals surface area contributed by atoms with Gasteiger partial charge in [-0.2, -0.15) is 13.8 Å². The van der Waals surface area contributed by atoms with E-state index in [9.17, 15) is 0 Å². The summed E-state index contributed by atoms with van der Waals surface area (Å²) in [5, 5.41) is 0. The zero-order chi connectivity index (χ0) is 9.40. The van der Waals surface area contributed by atoms with Crippen molar-refractivity contribution in [1.29, 1.82) is 0 Å². The maximum Gasteiger partial charge on any atom is 2.00 e. The van der Waals surface area contributed by atoms with Crippen LogP contribution in [-0.4, -0.2) is 35.1 Å². The van der Waals surface area contributed by atoms with Gasteiger partial charge in [0.15, 0.2) is 0 Å². The SMILES string of the molecule is COc1ccc(Br)cn1.C[CH-]C.[Br-].[Cl-].[Li+].[Mg+2]. The molecule has 16 heavy (non-hydrogen) atoms. The molecule has 0 atom stereocenters. The Hall–Kier alpha value is 1.56. The molecule has 0 unspecified atom stereocenters. The third kappa shape index (κ3) is 17.9. The number of hydrogen-bond acceptors (Lipinski definition) is 2. The minimum Gasteiger partial charge on any atom is -1.00 e. The standard InChI is InChI=1S/C6H6BrNO.C3H7.BrH.ClH.Li.Mg/c1-9-6-3-2-5(7)4-8-6;1-3-2;;;;/h2-4H,1H3;3H,1-2H3;2*1H;;/q;-1;;;+1;+2/p-2. The van der Waals surface area contributed by atoms with Crippen LogP contribution in [0.15, 0.2) is 22.8 Å². The van der Waals surface area contributed by atoms with Crippen LogP contribution in [0.25, 0.3) is 0 Å². The van der Waals surface area contributed by atoms with Crippen molar-refractivity contribution in [3.63, 3.8) is 0 Å². The molecule has 0 radical (unpaired) electrons. The van der Waals surface area contributed by atoms with E-state index in [1.54, 1.807) is 19.4 Å². The first-order valence-electron chi connectivity index (χ1n) is 3.64. The van der Waals surface area contributed by atoms with Gasteiger partial charge in [-0.05, 0) is 22.0 Å². The Morgan fingerprint density at radius 1 is 1.31 bits per heavy atom. The minimum atomic E-state index is 0. The van der Waals surface area contributed by atoms with E-state index in [4.69, 9.17) is 4.74 Å². The van der Waals surface area contributed by atoms with Gasteiger partial charge in [0.1, 0.15) is 0 Å². The van der Waals surface area contributed by atoms with E-state index in [1.165, 1.54) is 0 Å². The van der Waals surface area contributed by atoms with Crippen molar-refractivity contribution >= 4 is 39.0 Å². The van der Waals surface area contributed by atoms with Crippen molar-refractivity contribution in [2.75, 3.05) is 7.11 Å². The number of nitrogens with zero attached hydrogens (tertiary/aromatic N) is 1. The first kappa shape index (κ1) is 30.5. The van der Waals surface area contributed by atoms with Crippen LogP contribution >= 0.6 is 15.9 Å². The number of pyridine rings is 1. The van der Waals surface area contributed by atoms with Crippen molar-refractivity contribution in [3.05, 3.63) is 29.2 Å². The zero-order valence-corrected chi connectivity index (χ0v) is 15.3. The number of methoxy groups -OCH3 is 1. The summed E-state index contributed by atoms with van der Waals surface area (Å²) < 4.78 is 5.80. The molecule has 0 fully saturated rings. The van der Waals surface area contributed by atoms with Crippen LogP contribution < -0.4 is 53.0 Å².